The number of fused-ring (bicyclic) bond motifs is 1. The molecule has 1 aliphatic rings. The van der Waals surface area contributed by atoms with Gasteiger partial charge in [-0.25, -0.2) is 4.79 Å². The molecule has 0 bridgehead atoms. The van der Waals surface area contributed by atoms with Gasteiger partial charge >= 0.3 is 6.03 Å². The number of rotatable bonds is 1. The molecule has 0 saturated carbocycles. The van der Waals surface area contributed by atoms with Crippen LogP contribution < -0.4 is 0 Å². The summed E-state index contributed by atoms with van der Waals surface area (Å²) in [5.41, 5.74) is 2.44. The van der Waals surface area contributed by atoms with E-state index in [0.29, 0.717) is 0 Å². The van der Waals surface area contributed by atoms with E-state index in [2.05, 4.69) is 22.9 Å². The summed E-state index contributed by atoms with van der Waals surface area (Å²) in [6.45, 7) is 0.753. The molecule has 3 rings (SSSR count). The number of para-hydroxylation sites is 1. The van der Waals surface area contributed by atoms with Gasteiger partial charge in [-0.1, -0.05) is 18.2 Å². The lowest BCUT2D eigenvalue weighted by atomic mass is 10.1. The Kier molecular flexibility index (Phi) is 2.33. The Labute approximate surface area is 106 Å². The van der Waals surface area contributed by atoms with Gasteiger partial charge in [0.25, 0.3) is 0 Å². The molecule has 18 heavy (non-hydrogen) atoms. The number of urea groups is 1. The fraction of sp³-hybridized carbons (Fsp3) is 0.357. The number of amides is 2. The van der Waals surface area contributed by atoms with Crippen LogP contribution in [0.5, 0.6) is 0 Å². The van der Waals surface area contributed by atoms with Gasteiger partial charge in [-0.3, -0.25) is 0 Å². The average molecular weight is 243 g/mol. The molecule has 1 fully saturated rings. The number of carbonyl (C=O) groups is 1. The molecular formula is C14H17N3O. The Bertz CT molecular complexity index is 617. The van der Waals surface area contributed by atoms with Crippen LogP contribution in [0, 0.1) is 0 Å². The van der Waals surface area contributed by atoms with E-state index in [4.69, 9.17) is 0 Å². The second-order valence-corrected chi connectivity index (χ2v) is 5.00. The minimum absolute atomic E-state index is 0.0907. The normalized spacial score (nSPS) is 20.2. The Hall–Kier alpha value is -1.97. The zero-order valence-corrected chi connectivity index (χ0v) is 10.9. The first-order valence-corrected chi connectivity index (χ1v) is 6.11. The van der Waals surface area contributed by atoms with Crippen molar-refractivity contribution in [3.05, 3.63) is 36.0 Å². The van der Waals surface area contributed by atoms with Crippen molar-refractivity contribution in [1.82, 2.24) is 14.4 Å². The van der Waals surface area contributed by atoms with Crippen molar-refractivity contribution >= 4 is 16.9 Å². The number of aryl methyl sites for hydroxylation is 1. The van der Waals surface area contributed by atoms with Gasteiger partial charge in [-0.05, 0) is 6.07 Å². The first-order valence-electron chi connectivity index (χ1n) is 6.11. The molecule has 2 aromatic rings. The monoisotopic (exact) mass is 243 g/mol. The molecular weight excluding hydrogens is 226 g/mol. The van der Waals surface area contributed by atoms with Crippen LogP contribution in [0.15, 0.2) is 30.5 Å². The number of hydrogen-bond donors (Lipinski definition) is 0. The van der Waals surface area contributed by atoms with Crippen LogP contribution in [0.2, 0.25) is 0 Å². The first kappa shape index (κ1) is 11.1. The first-order chi connectivity index (χ1) is 8.59. The summed E-state index contributed by atoms with van der Waals surface area (Å²) < 4.78 is 2.13. The molecule has 4 nitrogen and oxygen atoms in total. The molecule has 0 radical (unpaired) electrons. The second kappa shape index (κ2) is 3.77. The van der Waals surface area contributed by atoms with Gasteiger partial charge in [0, 0.05) is 50.4 Å². The minimum Gasteiger partial charge on any atom is -0.350 e. The smallest absolute Gasteiger partial charge is 0.320 e. The molecule has 1 aliphatic heterocycles. The van der Waals surface area contributed by atoms with E-state index >= 15 is 0 Å². The highest BCUT2D eigenvalue weighted by atomic mass is 16.2. The molecule has 1 saturated heterocycles. The maximum absolute atomic E-state index is 11.9. The van der Waals surface area contributed by atoms with E-state index in [1.165, 1.54) is 16.5 Å². The Morgan fingerprint density at radius 3 is 2.56 bits per heavy atom. The van der Waals surface area contributed by atoms with E-state index < -0.39 is 0 Å². The maximum Gasteiger partial charge on any atom is 0.320 e. The molecule has 1 atom stereocenters. The molecule has 0 N–H and O–H groups in total. The highest BCUT2D eigenvalue weighted by molar-refractivity contribution is 5.86. The van der Waals surface area contributed by atoms with Crippen molar-refractivity contribution in [2.45, 2.75) is 6.04 Å². The van der Waals surface area contributed by atoms with Crippen molar-refractivity contribution in [2.75, 3.05) is 20.6 Å². The third kappa shape index (κ3) is 1.41. The van der Waals surface area contributed by atoms with Gasteiger partial charge < -0.3 is 14.4 Å². The van der Waals surface area contributed by atoms with Crippen LogP contribution in [0.4, 0.5) is 4.79 Å². The highest BCUT2D eigenvalue weighted by Crippen LogP contribution is 2.33. The molecule has 1 unspecified atom stereocenters. The summed E-state index contributed by atoms with van der Waals surface area (Å²) in [6, 6.07) is 8.57. The van der Waals surface area contributed by atoms with Crippen LogP contribution in [0.1, 0.15) is 11.6 Å². The average Bonchev–Trinajstić information content (AvgIpc) is 2.83. The number of nitrogens with zero attached hydrogens (tertiary/aromatic N) is 3. The molecule has 1 aromatic heterocycles. The van der Waals surface area contributed by atoms with Crippen LogP contribution in [0.25, 0.3) is 10.9 Å². The van der Waals surface area contributed by atoms with Gasteiger partial charge in [0.1, 0.15) is 0 Å². The topological polar surface area (TPSA) is 28.5 Å². The van der Waals surface area contributed by atoms with E-state index in [9.17, 15) is 4.79 Å². The SMILES string of the molecule is CN1CC(c2cn(C)c3ccccc23)N(C)C1=O. The molecule has 0 aliphatic carbocycles. The molecule has 0 spiro atoms. The lowest BCUT2D eigenvalue weighted by Gasteiger charge is -2.17. The molecule has 2 heterocycles. The van der Waals surface area contributed by atoms with Crippen molar-refractivity contribution in [3.8, 4) is 0 Å². The maximum atomic E-state index is 11.9. The minimum atomic E-state index is 0.0907. The van der Waals surface area contributed by atoms with Crippen molar-refractivity contribution in [3.63, 3.8) is 0 Å². The van der Waals surface area contributed by atoms with Gasteiger partial charge in [0.05, 0.1) is 6.04 Å². The number of benzene rings is 1. The summed E-state index contributed by atoms with van der Waals surface area (Å²) in [6.07, 6.45) is 2.14. The van der Waals surface area contributed by atoms with E-state index in [-0.39, 0.29) is 12.1 Å². The highest BCUT2D eigenvalue weighted by Gasteiger charge is 2.34. The third-order valence-electron chi connectivity index (χ3n) is 3.83. The van der Waals surface area contributed by atoms with Gasteiger partial charge in [-0.2, -0.15) is 0 Å². The van der Waals surface area contributed by atoms with Crippen molar-refractivity contribution < 1.29 is 4.79 Å². The standard InChI is InChI=1S/C14H17N3O/c1-15-8-11(10-6-4-5-7-12(10)15)13-9-16(2)14(18)17(13)3/h4-8,13H,9H2,1-3H3. The molecule has 1 aromatic carbocycles. The zero-order valence-electron chi connectivity index (χ0n) is 10.9. The van der Waals surface area contributed by atoms with E-state index in [1.807, 2.05) is 38.2 Å². The number of carbonyl (C=O) groups excluding carboxylic acids is 1. The summed E-state index contributed by atoms with van der Waals surface area (Å²) >= 11 is 0. The molecule has 4 heteroatoms. The zero-order chi connectivity index (χ0) is 12.9. The quantitative estimate of drug-likeness (QED) is 0.755. The van der Waals surface area contributed by atoms with Crippen molar-refractivity contribution in [1.29, 1.82) is 0 Å². The second-order valence-electron chi connectivity index (χ2n) is 5.00. The molecule has 94 valence electrons. The largest absolute Gasteiger partial charge is 0.350 e. The lowest BCUT2D eigenvalue weighted by Crippen LogP contribution is -2.26. The summed E-state index contributed by atoms with van der Waals surface area (Å²) in [7, 11) is 5.77. The van der Waals surface area contributed by atoms with E-state index in [0.717, 1.165) is 6.54 Å². The van der Waals surface area contributed by atoms with Crippen molar-refractivity contribution in [2.24, 2.45) is 7.05 Å². The fourth-order valence-electron chi connectivity index (χ4n) is 2.81. The predicted octanol–water partition coefficient (Wildman–Crippen LogP) is 2.22. The number of hydrogen-bond acceptors (Lipinski definition) is 1. The van der Waals surface area contributed by atoms with Crippen LogP contribution >= 0.6 is 0 Å². The fourth-order valence-corrected chi connectivity index (χ4v) is 2.81. The Morgan fingerprint density at radius 2 is 1.89 bits per heavy atom. The van der Waals surface area contributed by atoms with Gasteiger partial charge in [-0.15, -0.1) is 0 Å². The lowest BCUT2D eigenvalue weighted by molar-refractivity contribution is 0.201. The summed E-state index contributed by atoms with van der Waals surface area (Å²) in [4.78, 5) is 15.5. The Morgan fingerprint density at radius 1 is 1.17 bits per heavy atom. The Balaban J connectivity index is 2.13. The summed E-state index contributed by atoms with van der Waals surface area (Å²) in [5, 5.41) is 1.24. The number of likely N-dealkylation sites (N-methyl/N-ethyl adjacent to an activating group) is 2. The molecule has 2 amide bonds. The summed E-state index contributed by atoms with van der Waals surface area (Å²) in [5.74, 6) is 0. The van der Waals surface area contributed by atoms with E-state index in [1.54, 1.807) is 4.90 Å². The predicted molar refractivity (Wildman–Crippen MR) is 71.4 cm³/mol. The number of aromatic nitrogens is 1. The van der Waals surface area contributed by atoms with Crippen LogP contribution in [-0.4, -0.2) is 41.0 Å². The van der Waals surface area contributed by atoms with Crippen LogP contribution in [0.3, 0.4) is 0 Å². The van der Waals surface area contributed by atoms with Crippen LogP contribution in [-0.2, 0) is 7.05 Å². The third-order valence-corrected chi connectivity index (χ3v) is 3.83. The van der Waals surface area contributed by atoms with Gasteiger partial charge in [0.15, 0.2) is 0 Å². The van der Waals surface area contributed by atoms with Gasteiger partial charge in [0.2, 0.25) is 0 Å².